The molecule has 2 aliphatic carbocycles. The Bertz CT molecular complexity index is 606. The number of carbonyl (C=O) groups is 1. The highest BCUT2D eigenvalue weighted by molar-refractivity contribution is 6.74. The molecule has 0 radical (unpaired) electrons. The van der Waals surface area contributed by atoms with E-state index in [0.29, 0.717) is 6.61 Å². The van der Waals surface area contributed by atoms with Crippen LogP contribution >= 0.6 is 0 Å². The predicted octanol–water partition coefficient (Wildman–Crippen LogP) is 4.56. The molecule has 0 aromatic heterocycles. The zero-order valence-corrected chi connectivity index (χ0v) is 18.7. The van der Waals surface area contributed by atoms with Crippen molar-refractivity contribution in [2.45, 2.75) is 77.8 Å². The van der Waals surface area contributed by atoms with Crippen LogP contribution in [-0.4, -0.2) is 40.2 Å². The quantitative estimate of drug-likeness (QED) is 0.409. The molecule has 1 aliphatic heterocycles. The second-order valence-electron chi connectivity index (χ2n) is 10.3. The maximum atomic E-state index is 12.7. The average Bonchev–Trinajstić information content (AvgIpc) is 2.82. The molecule has 1 saturated heterocycles. The van der Waals surface area contributed by atoms with Crippen molar-refractivity contribution >= 4 is 14.3 Å². The molecule has 6 atom stereocenters. The third-order valence-electron chi connectivity index (χ3n) is 7.80. The number of hydrogen-bond acceptors (Lipinski definition) is 4. The minimum atomic E-state index is -1.91. The number of ether oxygens (including phenoxy) is 2. The lowest BCUT2D eigenvalue weighted by molar-refractivity contribution is -0.154. The molecule has 2 fully saturated rings. The predicted molar refractivity (Wildman–Crippen MR) is 105 cm³/mol. The molecule has 148 valence electrons. The van der Waals surface area contributed by atoms with E-state index in [1.807, 2.05) is 0 Å². The van der Waals surface area contributed by atoms with Crippen LogP contribution in [0.15, 0.2) is 11.6 Å². The van der Waals surface area contributed by atoms with Crippen LogP contribution < -0.4 is 0 Å². The van der Waals surface area contributed by atoms with Gasteiger partial charge in [0.25, 0.3) is 0 Å². The first-order chi connectivity index (χ1) is 11.9. The summed E-state index contributed by atoms with van der Waals surface area (Å²) >= 11 is 0. The van der Waals surface area contributed by atoms with E-state index in [1.165, 1.54) is 5.57 Å². The fourth-order valence-corrected chi connectivity index (χ4v) is 6.36. The summed E-state index contributed by atoms with van der Waals surface area (Å²) in [5.41, 5.74) is 0.921. The van der Waals surface area contributed by atoms with Gasteiger partial charge in [-0.25, -0.2) is 0 Å². The Morgan fingerprint density at radius 3 is 2.50 bits per heavy atom. The van der Waals surface area contributed by atoms with E-state index >= 15 is 0 Å². The SMILES string of the molecule is CO[C@@H]1C[C@H](O[Si](C)(C)C(C)(C)C)[C@H]2C(C)=C[C@H]3COC(=O)[C@]3(C)[C@@H]2C1. The highest BCUT2D eigenvalue weighted by atomic mass is 28.4. The maximum Gasteiger partial charge on any atom is 0.312 e. The monoisotopic (exact) mass is 380 g/mol. The summed E-state index contributed by atoms with van der Waals surface area (Å²) in [6, 6.07) is 0. The van der Waals surface area contributed by atoms with Crippen LogP contribution in [0.2, 0.25) is 18.1 Å². The van der Waals surface area contributed by atoms with E-state index in [2.05, 4.69) is 53.8 Å². The van der Waals surface area contributed by atoms with Gasteiger partial charge in [0, 0.05) is 18.9 Å². The highest BCUT2D eigenvalue weighted by Crippen LogP contribution is 2.57. The van der Waals surface area contributed by atoms with Crippen molar-refractivity contribution in [3.05, 3.63) is 11.6 Å². The van der Waals surface area contributed by atoms with Gasteiger partial charge >= 0.3 is 5.97 Å². The fraction of sp³-hybridized carbons (Fsp3) is 0.857. The Balaban J connectivity index is 1.99. The molecule has 1 saturated carbocycles. The third-order valence-corrected chi connectivity index (χ3v) is 12.3. The molecular formula is C21H36O4Si. The van der Waals surface area contributed by atoms with Crippen molar-refractivity contribution in [1.29, 1.82) is 0 Å². The first-order valence-electron chi connectivity index (χ1n) is 9.98. The Labute approximate surface area is 159 Å². The van der Waals surface area contributed by atoms with Crippen LogP contribution in [0.1, 0.15) is 47.5 Å². The van der Waals surface area contributed by atoms with E-state index in [0.717, 1.165) is 12.8 Å². The fourth-order valence-electron chi connectivity index (χ4n) is 5.01. The van der Waals surface area contributed by atoms with E-state index in [4.69, 9.17) is 13.9 Å². The molecule has 3 rings (SSSR count). The lowest BCUT2D eigenvalue weighted by atomic mass is 9.54. The maximum absolute atomic E-state index is 12.7. The van der Waals surface area contributed by atoms with Crippen molar-refractivity contribution in [2.75, 3.05) is 13.7 Å². The zero-order valence-electron chi connectivity index (χ0n) is 17.7. The molecule has 0 aromatic rings. The molecule has 0 unspecified atom stereocenters. The molecule has 0 aromatic carbocycles. The molecule has 0 bridgehead atoms. The molecule has 0 N–H and O–H groups in total. The van der Waals surface area contributed by atoms with Gasteiger partial charge in [0.15, 0.2) is 8.32 Å². The van der Waals surface area contributed by atoms with Gasteiger partial charge in [-0.3, -0.25) is 4.79 Å². The van der Waals surface area contributed by atoms with Gasteiger partial charge in [-0.05, 0) is 50.7 Å². The summed E-state index contributed by atoms with van der Waals surface area (Å²) in [4.78, 5) is 12.7. The molecule has 26 heavy (non-hydrogen) atoms. The van der Waals surface area contributed by atoms with E-state index in [-0.39, 0.29) is 41.0 Å². The topological polar surface area (TPSA) is 44.8 Å². The molecule has 1 heterocycles. The van der Waals surface area contributed by atoms with Gasteiger partial charge < -0.3 is 13.9 Å². The first-order valence-corrected chi connectivity index (χ1v) is 12.9. The zero-order chi connectivity index (χ0) is 19.5. The summed E-state index contributed by atoms with van der Waals surface area (Å²) in [6.45, 7) is 16.3. The molecule has 5 heteroatoms. The Morgan fingerprint density at radius 1 is 1.27 bits per heavy atom. The number of rotatable bonds is 3. The number of hydrogen-bond donors (Lipinski definition) is 0. The number of methoxy groups -OCH3 is 1. The van der Waals surface area contributed by atoms with Crippen LogP contribution in [0.5, 0.6) is 0 Å². The molecular weight excluding hydrogens is 344 g/mol. The molecule has 0 amide bonds. The van der Waals surface area contributed by atoms with Gasteiger partial charge in [0.2, 0.25) is 0 Å². The van der Waals surface area contributed by atoms with Crippen molar-refractivity contribution in [3.8, 4) is 0 Å². The summed E-state index contributed by atoms with van der Waals surface area (Å²) in [5, 5.41) is 0.160. The summed E-state index contributed by atoms with van der Waals surface area (Å²) < 4.78 is 18.2. The minimum Gasteiger partial charge on any atom is -0.465 e. The molecule has 3 aliphatic rings. The van der Waals surface area contributed by atoms with Crippen molar-refractivity contribution in [1.82, 2.24) is 0 Å². The van der Waals surface area contributed by atoms with Crippen LogP contribution in [0, 0.1) is 23.2 Å². The minimum absolute atomic E-state index is 0.0379. The van der Waals surface area contributed by atoms with Crippen molar-refractivity contribution < 1.29 is 18.7 Å². The third kappa shape index (κ3) is 3.00. The lowest BCUT2D eigenvalue weighted by Gasteiger charge is -2.53. The second-order valence-corrected chi connectivity index (χ2v) is 15.0. The van der Waals surface area contributed by atoms with Gasteiger partial charge in [-0.15, -0.1) is 0 Å². The lowest BCUT2D eigenvalue weighted by Crippen LogP contribution is -2.56. The number of fused-ring (bicyclic) bond motifs is 3. The van der Waals surface area contributed by atoms with E-state index in [1.54, 1.807) is 7.11 Å². The van der Waals surface area contributed by atoms with Crippen LogP contribution in [0.3, 0.4) is 0 Å². The number of carbonyl (C=O) groups excluding carboxylic acids is 1. The van der Waals surface area contributed by atoms with Crippen LogP contribution in [-0.2, 0) is 18.7 Å². The Morgan fingerprint density at radius 2 is 1.92 bits per heavy atom. The van der Waals surface area contributed by atoms with Gasteiger partial charge in [0.1, 0.15) is 0 Å². The number of esters is 1. The number of cyclic esters (lactones) is 1. The average molecular weight is 381 g/mol. The molecule has 0 spiro atoms. The van der Waals surface area contributed by atoms with E-state index in [9.17, 15) is 4.79 Å². The standard InChI is InChI=1S/C21H36O4Si/c1-13-9-14-12-24-19(22)21(14,5)16-10-15(23-6)11-17(18(13)16)25-26(7,8)20(2,3)4/h9,14-18H,10-12H2,1-8H3/t14-,15-,16+,17-,18-,21-/m0/s1. The largest absolute Gasteiger partial charge is 0.465 e. The van der Waals surface area contributed by atoms with Gasteiger partial charge in [-0.2, -0.15) is 0 Å². The summed E-state index contributed by atoms with van der Waals surface area (Å²) in [6.07, 6.45) is 4.36. The van der Waals surface area contributed by atoms with Crippen LogP contribution in [0.4, 0.5) is 0 Å². The van der Waals surface area contributed by atoms with Crippen LogP contribution in [0.25, 0.3) is 0 Å². The first kappa shape index (κ1) is 20.1. The van der Waals surface area contributed by atoms with Gasteiger partial charge in [-0.1, -0.05) is 32.4 Å². The van der Waals surface area contributed by atoms with Crippen molar-refractivity contribution in [3.63, 3.8) is 0 Å². The highest BCUT2D eigenvalue weighted by Gasteiger charge is 2.61. The second kappa shape index (κ2) is 6.45. The van der Waals surface area contributed by atoms with E-state index < -0.39 is 13.7 Å². The smallest absolute Gasteiger partial charge is 0.312 e. The van der Waals surface area contributed by atoms with Gasteiger partial charge in [0.05, 0.1) is 24.2 Å². The Hall–Kier alpha value is -0.653. The Kier molecular flexibility index (Phi) is 4.99. The van der Waals surface area contributed by atoms with Crippen molar-refractivity contribution in [2.24, 2.45) is 23.2 Å². The summed E-state index contributed by atoms with van der Waals surface area (Å²) in [5.74, 6) is 0.646. The summed E-state index contributed by atoms with van der Waals surface area (Å²) in [7, 11) is -0.130. The molecule has 4 nitrogen and oxygen atoms in total. The normalized spacial score (nSPS) is 40.5.